The van der Waals surface area contributed by atoms with E-state index in [1.165, 1.54) is 17.7 Å². The summed E-state index contributed by atoms with van der Waals surface area (Å²) in [6, 6.07) is 5.26. The number of amides is 2. The number of fused-ring (bicyclic) bond motifs is 1. The van der Waals surface area contributed by atoms with Crippen molar-refractivity contribution in [2.45, 2.75) is 67.7 Å². The van der Waals surface area contributed by atoms with Gasteiger partial charge in [0.1, 0.15) is 0 Å². The highest BCUT2D eigenvalue weighted by atomic mass is 32.2. The Kier molecular flexibility index (Phi) is 5.42. The molecular formula is C22H31N5O4S. The summed E-state index contributed by atoms with van der Waals surface area (Å²) in [5, 5.41) is 11.2. The summed E-state index contributed by atoms with van der Waals surface area (Å²) in [6.45, 7) is 0. The first-order valence-corrected chi connectivity index (χ1v) is 13.3. The van der Waals surface area contributed by atoms with Crippen molar-refractivity contribution in [1.29, 1.82) is 0 Å². The summed E-state index contributed by atoms with van der Waals surface area (Å²) in [7, 11) is -1.79. The zero-order valence-electron chi connectivity index (χ0n) is 18.4. The quantitative estimate of drug-likeness (QED) is 0.497. The number of nitrogens with zero attached hydrogens (tertiary/aromatic N) is 1. The number of piperidine rings is 1. The lowest BCUT2D eigenvalue weighted by Gasteiger charge is -2.39. The Hall–Kier alpha value is -2.17. The molecule has 4 fully saturated rings. The van der Waals surface area contributed by atoms with Gasteiger partial charge in [0.15, 0.2) is 9.84 Å². The topological polar surface area (TPSA) is 120 Å². The monoisotopic (exact) mass is 461 g/mol. The lowest BCUT2D eigenvalue weighted by atomic mass is 9.80. The Morgan fingerprint density at radius 1 is 1.19 bits per heavy atom. The van der Waals surface area contributed by atoms with Crippen LogP contribution in [0.5, 0.6) is 0 Å². The zero-order chi connectivity index (χ0) is 22.6. The highest BCUT2D eigenvalue weighted by Gasteiger charge is 2.49. The number of rotatable bonds is 6. The standard InChI is InChI=1S/C22H31N5O4S/c1-27-22(29)19-16(11-18(24-20(19)26-27)25-21(28)13-6-7-13)23-15-9-8-14(12-4-3-5-12)10-17(15)32(2,30)31/h8-10,12-13,16,18-20,23-24,26H,3-7,11H2,1-2H3,(H,25,28). The predicted octanol–water partition coefficient (Wildman–Crippen LogP) is 0.903. The molecule has 0 bridgehead atoms. The van der Waals surface area contributed by atoms with E-state index in [1.54, 1.807) is 13.1 Å². The number of sulfone groups is 1. The number of hydrazine groups is 1. The van der Waals surface area contributed by atoms with Crippen LogP contribution in [0.1, 0.15) is 50.0 Å². The molecule has 2 aliphatic carbocycles. The van der Waals surface area contributed by atoms with Gasteiger partial charge in [0, 0.05) is 31.7 Å². The number of anilines is 1. The molecule has 0 radical (unpaired) electrons. The molecule has 2 aliphatic heterocycles. The Balaban J connectivity index is 1.42. The van der Waals surface area contributed by atoms with Crippen molar-refractivity contribution >= 4 is 27.3 Å². The second kappa shape index (κ2) is 8.00. The second-order valence-electron chi connectivity index (χ2n) is 9.67. The smallest absolute Gasteiger partial charge is 0.244 e. The Morgan fingerprint density at radius 2 is 1.94 bits per heavy atom. The van der Waals surface area contributed by atoms with Gasteiger partial charge in [-0.1, -0.05) is 12.5 Å². The molecule has 10 heteroatoms. The first-order chi connectivity index (χ1) is 15.2. The van der Waals surface area contributed by atoms with Crippen molar-refractivity contribution in [1.82, 2.24) is 21.1 Å². The van der Waals surface area contributed by atoms with Gasteiger partial charge in [-0.15, -0.1) is 0 Å². The summed E-state index contributed by atoms with van der Waals surface area (Å²) < 4.78 is 25.2. The van der Waals surface area contributed by atoms with Crippen LogP contribution >= 0.6 is 0 Å². The van der Waals surface area contributed by atoms with E-state index in [1.807, 2.05) is 12.1 Å². The van der Waals surface area contributed by atoms with Crippen molar-refractivity contribution in [3.63, 3.8) is 0 Å². The maximum atomic E-state index is 12.8. The van der Waals surface area contributed by atoms with Crippen molar-refractivity contribution in [3.8, 4) is 0 Å². The van der Waals surface area contributed by atoms with Crippen LogP contribution in [0.2, 0.25) is 0 Å². The van der Waals surface area contributed by atoms with Gasteiger partial charge in [0.25, 0.3) is 0 Å². The predicted molar refractivity (Wildman–Crippen MR) is 119 cm³/mol. The third-order valence-corrected chi connectivity index (χ3v) is 8.34. The molecule has 32 heavy (non-hydrogen) atoms. The summed E-state index contributed by atoms with van der Waals surface area (Å²) in [5.74, 6) is 0.0348. The summed E-state index contributed by atoms with van der Waals surface area (Å²) in [4.78, 5) is 25.4. The third kappa shape index (κ3) is 4.11. The fraction of sp³-hybridized carbons (Fsp3) is 0.636. The molecule has 2 saturated carbocycles. The molecule has 2 amide bonds. The molecule has 2 saturated heterocycles. The number of benzene rings is 1. The van der Waals surface area contributed by atoms with Crippen LogP contribution in [0, 0.1) is 11.8 Å². The van der Waals surface area contributed by atoms with Crippen LogP contribution in [0.15, 0.2) is 23.1 Å². The normalized spacial score (nSPS) is 30.6. The maximum absolute atomic E-state index is 12.8. The van der Waals surface area contributed by atoms with E-state index in [0.29, 0.717) is 18.0 Å². The molecule has 4 aliphatic rings. The van der Waals surface area contributed by atoms with Crippen molar-refractivity contribution in [3.05, 3.63) is 23.8 Å². The molecule has 4 unspecified atom stereocenters. The van der Waals surface area contributed by atoms with Gasteiger partial charge in [-0.25, -0.2) is 13.8 Å². The van der Waals surface area contributed by atoms with Gasteiger partial charge >= 0.3 is 0 Å². The molecule has 1 aromatic carbocycles. The van der Waals surface area contributed by atoms with E-state index < -0.39 is 15.8 Å². The minimum atomic E-state index is -3.47. The van der Waals surface area contributed by atoms with E-state index in [0.717, 1.165) is 31.2 Å². The van der Waals surface area contributed by atoms with Crippen LogP contribution in [0.25, 0.3) is 0 Å². The Bertz CT molecular complexity index is 1040. The minimum absolute atomic E-state index is 0.0269. The van der Waals surface area contributed by atoms with Gasteiger partial charge in [-0.3, -0.25) is 19.9 Å². The van der Waals surface area contributed by atoms with Crippen LogP contribution in [-0.4, -0.2) is 56.9 Å². The molecular weight excluding hydrogens is 430 g/mol. The van der Waals surface area contributed by atoms with Crippen LogP contribution < -0.4 is 21.4 Å². The molecule has 2 heterocycles. The molecule has 5 rings (SSSR count). The number of nitrogens with one attached hydrogen (secondary N) is 4. The van der Waals surface area contributed by atoms with Gasteiger partial charge in [0.05, 0.1) is 28.8 Å². The summed E-state index contributed by atoms with van der Waals surface area (Å²) in [6.07, 6.45) is 6.20. The number of carbonyl (C=O) groups excluding carboxylic acids is 2. The van der Waals surface area contributed by atoms with Gasteiger partial charge in [-0.2, -0.15) is 0 Å². The van der Waals surface area contributed by atoms with E-state index >= 15 is 0 Å². The Labute approximate surface area is 188 Å². The molecule has 174 valence electrons. The van der Waals surface area contributed by atoms with E-state index in [-0.39, 0.29) is 41.0 Å². The van der Waals surface area contributed by atoms with Crippen molar-refractivity contribution in [2.75, 3.05) is 18.6 Å². The number of carbonyl (C=O) groups is 2. The summed E-state index contributed by atoms with van der Waals surface area (Å²) in [5.41, 5.74) is 4.68. The molecule has 1 aromatic rings. The Morgan fingerprint density at radius 3 is 2.56 bits per heavy atom. The minimum Gasteiger partial charge on any atom is -0.380 e. The molecule has 4 N–H and O–H groups in total. The molecule has 0 aromatic heterocycles. The first kappa shape index (κ1) is 21.7. The second-order valence-corrected chi connectivity index (χ2v) is 11.7. The number of hydrogen-bond acceptors (Lipinski definition) is 7. The van der Waals surface area contributed by atoms with E-state index in [2.05, 4.69) is 21.4 Å². The fourth-order valence-electron chi connectivity index (χ4n) is 4.99. The lowest BCUT2D eigenvalue weighted by molar-refractivity contribution is -0.131. The van der Waals surface area contributed by atoms with Crippen LogP contribution in [-0.2, 0) is 19.4 Å². The average molecular weight is 462 g/mol. The zero-order valence-corrected chi connectivity index (χ0v) is 19.2. The van der Waals surface area contributed by atoms with E-state index in [9.17, 15) is 18.0 Å². The third-order valence-electron chi connectivity index (χ3n) is 7.20. The van der Waals surface area contributed by atoms with Crippen LogP contribution in [0.3, 0.4) is 0 Å². The highest BCUT2D eigenvalue weighted by Crippen LogP contribution is 2.39. The first-order valence-electron chi connectivity index (χ1n) is 11.4. The van der Waals surface area contributed by atoms with Crippen molar-refractivity contribution < 1.29 is 18.0 Å². The average Bonchev–Trinajstić information content (AvgIpc) is 3.48. The molecule has 0 spiro atoms. The van der Waals surface area contributed by atoms with Gasteiger partial charge in [0.2, 0.25) is 11.8 Å². The van der Waals surface area contributed by atoms with Crippen LogP contribution in [0.4, 0.5) is 5.69 Å². The largest absolute Gasteiger partial charge is 0.380 e. The number of hydrogen-bond donors (Lipinski definition) is 4. The molecule has 9 nitrogen and oxygen atoms in total. The maximum Gasteiger partial charge on any atom is 0.244 e. The SMILES string of the molecule is CN1NC2NC(NC(=O)C3CC3)CC(Nc3ccc(C4CCC4)cc3S(C)(=O)=O)C2C1=O. The fourth-order valence-corrected chi connectivity index (χ4v) is 5.87. The van der Waals surface area contributed by atoms with Crippen molar-refractivity contribution in [2.24, 2.45) is 11.8 Å². The highest BCUT2D eigenvalue weighted by molar-refractivity contribution is 7.90. The van der Waals surface area contributed by atoms with E-state index in [4.69, 9.17) is 0 Å². The molecule has 4 atom stereocenters. The summed E-state index contributed by atoms with van der Waals surface area (Å²) >= 11 is 0. The van der Waals surface area contributed by atoms with Gasteiger partial charge in [-0.05, 0) is 49.3 Å². The van der Waals surface area contributed by atoms with Gasteiger partial charge < -0.3 is 10.6 Å². The lowest BCUT2D eigenvalue weighted by Crippen LogP contribution is -2.63.